The summed E-state index contributed by atoms with van der Waals surface area (Å²) in [5, 5.41) is 13.2. The lowest BCUT2D eigenvalue weighted by Crippen LogP contribution is -2.49. The zero-order valence-electron chi connectivity index (χ0n) is 14.9. The molecule has 0 saturated heterocycles. The van der Waals surface area contributed by atoms with Gasteiger partial charge in [-0.25, -0.2) is 0 Å². The van der Waals surface area contributed by atoms with E-state index in [9.17, 15) is 9.59 Å². The van der Waals surface area contributed by atoms with Gasteiger partial charge in [-0.1, -0.05) is 38.5 Å². The smallest absolute Gasteiger partial charge is 0.305 e. The van der Waals surface area contributed by atoms with E-state index in [0.29, 0.717) is 24.3 Å². The van der Waals surface area contributed by atoms with E-state index < -0.39 is 5.97 Å². The largest absolute Gasteiger partial charge is 0.481 e. The average molecular weight is 347 g/mol. The van der Waals surface area contributed by atoms with Crippen LogP contribution in [0.5, 0.6) is 0 Å². The SMILES string of the molecule is O=C(O)CCn1ccc(C(=O)N(C2CCCCC2)C2CCCCC2)n1. The van der Waals surface area contributed by atoms with E-state index in [1.807, 2.05) is 0 Å². The van der Waals surface area contributed by atoms with Gasteiger partial charge in [0, 0.05) is 18.3 Å². The third-order valence-corrected chi connectivity index (χ3v) is 5.59. The summed E-state index contributed by atoms with van der Waals surface area (Å²) < 4.78 is 1.57. The molecule has 3 rings (SSSR count). The summed E-state index contributed by atoms with van der Waals surface area (Å²) in [5.41, 5.74) is 0.460. The van der Waals surface area contributed by atoms with Crippen molar-refractivity contribution < 1.29 is 14.7 Å². The number of carbonyl (C=O) groups excluding carboxylic acids is 1. The lowest BCUT2D eigenvalue weighted by Gasteiger charge is -2.41. The Bertz CT molecular complexity index is 568. The zero-order valence-corrected chi connectivity index (χ0v) is 14.9. The molecule has 1 amide bonds. The Morgan fingerprint density at radius 2 is 1.60 bits per heavy atom. The van der Waals surface area contributed by atoms with Crippen LogP contribution in [0.2, 0.25) is 0 Å². The Balaban J connectivity index is 1.74. The van der Waals surface area contributed by atoms with E-state index in [1.165, 1.54) is 38.5 Å². The molecule has 0 bridgehead atoms. The molecule has 2 fully saturated rings. The van der Waals surface area contributed by atoms with Crippen molar-refractivity contribution in [2.45, 2.75) is 89.3 Å². The van der Waals surface area contributed by atoms with Crippen LogP contribution < -0.4 is 0 Å². The van der Waals surface area contributed by atoms with Crippen molar-refractivity contribution in [2.24, 2.45) is 0 Å². The van der Waals surface area contributed by atoms with Gasteiger partial charge >= 0.3 is 5.97 Å². The molecule has 6 heteroatoms. The summed E-state index contributed by atoms with van der Waals surface area (Å²) in [7, 11) is 0. The number of rotatable bonds is 6. The highest BCUT2D eigenvalue weighted by molar-refractivity contribution is 5.92. The Hall–Kier alpha value is -1.85. The van der Waals surface area contributed by atoms with Crippen LogP contribution >= 0.6 is 0 Å². The van der Waals surface area contributed by atoms with Gasteiger partial charge in [0.15, 0.2) is 0 Å². The van der Waals surface area contributed by atoms with Gasteiger partial charge in [0.1, 0.15) is 5.69 Å². The fourth-order valence-corrected chi connectivity index (χ4v) is 4.29. The van der Waals surface area contributed by atoms with Crippen LogP contribution in [0.4, 0.5) is 0 Å². The molecule has 1 aromatic rings. The number of aliphatic carboxylic acids is 1. The molecule has 1 aromatic heterocycles. The van der Waals surface area contributed by atoms with Gasteiger partial charge in [0.25, 0.3) is 5.91 Å². The summed E-state index contributed by atoms with van der Waals surface area (Å²) in [6.45, 7) is 0.301. The second-order valence-electron chi connectivity index (χ2n) is 7.40. The monoisotopic (exact) mass is 347 g/mol. The van der Waals surface area contributed by atoms with Crippen LogP contribution in [-0.2, 0) is 11.3 Å². The summed E-state index contributed by atoms with van der Waals surface area (Å²) >= 11 is 0. The highest BCUT2D eigenvalue weighted by atomic mass is 16.4. The number of hydrogen-bond donors (Lipinski definition) is 1. The molecule has 1 heterocycles. The van der Waals surface area contributed by atoms with Gasteiger partial charge in [-0.2, -0.15) is 5.10 Å². The highest BCUT2D eigenvalue weighted by Crippen LogP contribution is 2.31. The van der Waals surface area contributed by atoms with Crippen LogP contribution in [0.1, 0.15) is 81.1 Å². The van der Waals surface area contributed by atoms with Crippen molar-refractivity contribution in [3.8, 4) is 0 Å². The van der Waals surface area contributed by atoms with Crippen LogP contribution in [-0.4, -0.2) is 43.7 Å². The Labute approximate surface area is 149 Å². The molecule has 2 aliphatic rings. The highest BCUT2D eigenvalue weighted by Gasteiger charge is 2.33. The van der Waals surface area contributed by atoms with Crippen molar-refractivity contribution in [1.29, 1.82) is 0 Å². The van der Waals surface area contributed by atoms with Crippen molar-refractivity contribution in [2.75, 3.05) is 0 Å². The fraction of sp³-hybridized carbons (Fsp3) is 0.737. The number of amides is 1. The molecule has 138 valence electrons. The Morgan fingerprint density at radius 1 is 1.04 bits per heavy atom. The van der Waals surface area contributed by atoms with Crippen molar-refractivity contribution in [3.63, 3.8) is 0 Å². The average Bonchev–Trinajstić information content (AvgIpc) is 3.11. The number of nitrogens with zero attached hydrogens (tertiary/aromatic N) is 3. The molecule has 6 nitrogen and oxygen atoms in total. The van der Waals surface area contributed by atoms with E-state index in [4.69, 9.17) is 5.11 Å². The lowest BCUT2D eigenvalue weighted by atomic mass is 9.88. The fourth-order valence-electron chi connectivity index (χ4n) is 4.29. The van der Waals surface area contributed by atoms with Gasteiger partial charge in [0.05, 0.1) is 13.0 Å². The predicted octanol–water partition coefficient (Wildman–Crippen LogP) is 3.47. The quantitative estimate of drug-likeness (QED) is 0.855. The van der Waals surface area contributed by atoms with Crippen molar-refractivity contribution >= 4 is 11.9 Å². The molecule has 0 aliphatic heterocycles. The second kappa shape index (κ2) is 8.50. The molecule has 0 radical (unpaired) electrons. The Morgan fingerprint density at radius 3 is 2.12 bits per heavy atom. The molecule has 0 atom stereocenters. The van der Waals surface area contributed by atoms with E-state index in [0.717, 1.165) is 25.7 Å². The number of aryl methyl sites for hydroxylation is 1. The number of hydrogen-bond acceptors (Lipinski definition) is 3. The standard InChI is InChI=1S/C19H29N3O3/c23-18(24)12-14-21-13-11-17(20-21)19(25)22(15-7-3-1-4-8-15)16-9-5-2-6-10-16/h11,13,15-16H,1-10,12,14H2,(H,23,24). The molecule has 0 aromatic carbocycles. The maximum atomic E-state index is 13.2. The minimum absolute atomic E-state index is 0.0181. The van der Waals surface area contributed by atoms with Gasteiger partial charge in [-0.05, 0) is 31.7 Å². The maximum Gasteiger partial charge on any atom is 0.305 e. The van der Waals surface area contributed by atoms with Gasteiger partial charge in [0.2, 0.25) is 0 Å². The molecule has 1 N–H and O–H groups in total. The summed E-state index contributed by atoms with van der Waals surface area (Å²) in [4.78, 5) is 26.1. The first kappa shape index (κ1) is 18.0. The summed E-state index contributed by atoms with van der Waals surface area (Å²) in [6, 6.07) is 2.42. The van der Waals surface area contributed by atoms with E-state index >= 15 is 0 Å². The lowest BCUT2D eigenvalue weighted by molar-refractivity contribution is -0.137. The molecular weight excluding hydrogens is 318 g/mol. The van der Waals surface area contributed by atoms with Crippen molar-refractivity contribution in [1.82, 2.24) is 14.7 Å². The molecule has 25 heavy (non-hydrogen) atoms. The third kappa shape index (κ3) is 4.61. The minimum Gasteiger partial charge on any atom is -0.481 e. The minimum atomic E-state index is -0.852. The van der Waals surface area contributed by atoms with Gasteiger partial charge in [-0.15, -0.1) is 0 Å². The number of carboxylic acid groups (broad SMARTS) is 1. The second-order valence-corrected chi connectivity index (χ2v) is 7.40. The molecule has 0 spiro atoms. The first-order chi connectivity index (χ1) is 12.1. The molecule has 2 aliphatic carbocycles. The summed E-state index contributed by atoms with van der Waals surface area (Å²) in [5.74, 6) is -0.817. The normalized spacial score (nSPS) is 19.7. The molecule has 0 unspecified atom stereocenters. The first-order valence-electron chi connectivity index (χ1n) is 9.73. The van der Waals surface area contributed by atoms with Crippen LogP contribution in [0.15, 0.2) is 12.3 Å². The first-order valence-corrected chi connectivity index (χ1v) is 9.73. The van der Waals surface area contributed by atoms with Crippen LogP contribution in [0.3, 0.4) is 0 Å². The van der Waals surface area contributed by atoms with E-state index in [1.54, 1.807) is 16.9 Å². The number of aromatic nitrogens is 2. The van der Waals surface area contributed by atoms with Crippen LogP contribution in [0, 0.1) is 0 Å². The maximum absolute atomic E-state index is 13.2. The topological polar surface area (TPSA) is 75.4 Å². The zero-order chi connectivity index (χ0) is 17.6. The Kier molecular flexibility index (Phi) is 6.10. The molecular formula is C19H29N3O3. The van der Waals surface area contributed by atoms with Gasteiger partial charge < -0.3 is 10.0 Å². The van der Waals surface area contributed by atoms with E-state index in [2.05, 4.69) is 10.00 Å². The van der Waals surface area contributed by atoms with Gasteiger partial charge in [-0.3, -0.25) is 14.3 Å². The van der Waals surface area contributed by atoms with Crippen molar-refractivity contribution in [3.05, 3.63) is 18.0 Å². The van der Waals surface area contributed by atoms with Crippen LogP contribution in [0.25, 0.3) is 0 Å². The predicted molar refractivity (Wildman–Crippen MR) is 94.4 cm³/mol. The summed E-state index contributed by atoms with van der Waals surface area (Å²) in [6.07, 6.45) is 13.5. The van der Waals surface area contributed by atoms with E-state index in [-0.39, 0.29) is 12.3 Å². The number of carbonyl (C=O) groups is 2. The third-order valence-electron chi connectivity index (χ3n) is 5.59. The molecule has 2 saturated carbocycles. The number of carboxylic acids is 1.